The van der Waals surface area contributed by atoms with Gasteiger partial charge < -0.3 is 0 Å². The van der Waals surface area contributed by atoms with Gasteiger partial charge in [0.1, 0.15) is 0 Å². The lowest BCUT2D eigenvalue weighted by molar-refractivity contribution is 0.402. The Morgan fingerprint density at radius 2 is 1.34 bits per heavy atom. The molecular weight excluding hydrogens is 354 g/mol. The molecule has 0 heterocycles. The summed E-state index contributed by atoms with van der Waals surface area (Å²) in [6, 6.07) is 14.1. The van der Waals surface area contributed by atoms with Crippen LogP contribution >= 0.6 is 0 Å². The number of aryl methyl sites for hydroxylation is 2. The van der Waals surface area contributed by atoms with E-state index >= 15 is 0 Å². The van der Waals surface area contributed by atoms with Crippen LogP contribution in [-0.2, 0) is 5.41 Å². The molecule has 0 aromatic heterocycles. The van der Waals surface area contributed by atoms with Gasteiger partial charge in [0.2, 0.25) is 0 Å². The Bertz CT molecular complexity index is 826. The molecule has 2 aromatic carbocycles. The predicted molar refractivity (Wildman–Crippen MR) is 123 cm³/mol. The highest BCUT2D eigenvalue weighted by atomic mass is 15.1. The topological polar surface area (TPSA) is 48.8 Å². The molecule has 3 heteroatoms. The van der Waals surface area contributed by atoms with Crippen LogP contribution in [0.5, 0.6) is 0 Å². The van der Waals surface area contributed by atoms with E-state index in [4.69, 9.17) is 5.53 Å². The Hall–Kier alpha value is -2.25. The summed E-state index contributed by atoms with van der Waals surface area (Å²) in [5, 5.41) is 3.67. The zero-order valence-electron chi connectivity index (χ0n) is 18.4. The summed E-state index contributed by atoms with van der Waals surface area (Å²) in [4.78, 5) is 2.86. The summed E-state index contributed by atoms with van der Waals surface area (Å²) < 4.78 is 0. The van der Waals surface area contributed by atoms with E-state index in [2.05, 4.69) is 67.2 Å². The SMILES string of the molecule is CCCCCC1(CCCCCCN=[N+]=[N-])c2cc(C)ccc2-c2ccc(C)cc21. The fourth-order valence-corrected chi connectivity index (χ4v) is 5.07. The first-order chi connectivity index (χ1) is 14.1. The number of hydrogen-bond donors (Lipinski definition) is 0. The average molecular weight is 390 g/mol. The standard InChI is InChI=1S/C26H35N3/c1-4-5-8-15-26(16-9-6-7-10-17-28-29-27)24-18-20(2)11-13-22(24)23-14-12-21(3)19-25(23)26/h11-14,18-19H,4-10,15-17H2,1-3H3. The molecule has 1 aliphatic rings. The van der Waals surface area contributed by atoms with Gasteiger partial charge in [0.25, 0.3) is 0 Å². The summed E-state index contributed by atoms with van der Waals surface area (Å²) in [5.41, 5.74) is 17.3. The first kappa shape index (κ1) is 21.5. The van der Waals surface area contributed by atoms with Crippen LogP contribution in [0.3, 0.4) is 0 Å². The largest absolute Gasteiger partial charge is 0.0940 e. The number of unbranched alkanes of at least 4 members (excludes halogenated alkanes) is 5. The second-order valence-electron chi connectivity index (χ2n) is 8.76. The zero-order valence-corrected chi connectivity index (χ0v) is 18.4. The number of fused-ring (bicyclic) bond motifs is 3. The normalized spacial score (nSPS) is 13.6. The van der Waals surface area contributed by atoms with Crippen molar-refractivity contribution >= 4 is 0 Å². The Kier molecular flexibility index (Phi) is 7.39. The number of benzene rings is 2. The molecule has 1 aliphatic carbocycles. The summed E-state index contributed by atoms with van der Waals surface area (Å²) in [6.45, 7) is 7.37. The van der Waals surface area contributed by atoms with Gasteiger partial charge >= 0.3 is 0 Å². The third-order valence-corrected chi connectivity index (χ3v) is 6.55. The van der Waals surface area contributed by atoms with E-state index in [1.165, 1.54) is 67.2 Å². The minimum Gasteiger partial charge on any atom is -0.0940 e. The molecule has 3 nitrogen and oxygen atoms in total. The highest BCUT2D eigenvalue weighted by Crippen LogP contribution is 2.54. The fraction of sp³-hybridized carbons (Fsp3) is 0.538. The molecule has 0 N–H and O–H groups in total. The molecule has 2 aromatic rings. The van der Waals surface area contributed by atoms with Crippen molar-refractivity contribution in [3.05, 3.63) is 69.1 Å². The molecule has 0 fully saturated rings. The van der Waals surface area contributed by atoms with Crippen molar-refractivity contribution in [2.45, 2.75) is 84.0 Å². The summed E-state index contributed by atoms with van der Waals surface area (Å²) in [7, 11) is 0. The summed E-state index contributed by atoms with van der Waals surface area (Å²) in [5.74, 6) is 0. The minimum absolute atomic E-state index is 0.155. The van der Waals surface area contributed by atoms with Gasteiger partial charge in [-0.25, -0.2) is 0 Å². The molecule has 154 valence electrons. The second-order valence-corrected chi connectivity index (χ2v) is 8.76. The lowest BCUT2D eigenvalue weighted by Crippen LogP contribution is -2.25. The predicted octanol–water partition coefficient (Wildman–Crippen LogP) is 8.41. The second kappa shape index (κ2) is 9.98. The van der Waals surface area contributed by atoms with Crippen molar-refractivity contribution in [1.29, 1.82) is 0 Å². The molecule has 29 heavy (non-hydrogen) atoms. The van der Waals surface area contributed by atoms with Crippen LogP contribution < -0.4 is 0 Å². The maximum atomic E-state index is 8.44. The lowest BCUT2D eigenvalue weighted by atomic mass is 9.70. The molecule has 0 saturated heterocycles. The van der Waals surface area contributed by atoms with E-state index in [1.54, 1.807) is 11.1 Å². The van der Waals surface area contributed by atoms with Gasteiger partial charge in [0, 0.05) is 16.9 Å². The first-order valence-corrected chi connectivity index (χ1v) is 11.4. The van der Waals surface area contributed by atoms with Gasteiger partial charge in [0.15, 0.2) is 0 Å². The highest BCUT2D eigenvalue weighted by Gasteiger charge is 2.42. The number of azide groups is 1. The molecule has 0 aliphatic heterocycles. The van der Waals surface area contributed by atoms with Crippen LogP contribution in [0, 0.1) is 13.8 Å². The van der Waals surface area contributed by atoms with Crippen molar-refractivity contribution in [3.8, 4) is 11.1 Å². The molecule has 0 atom stereocenters. The van der Waals surface area contributed by atoms with E-state index in [9.17, 15) is 0 Å². The average Bonchev–Trinajstić information content (AvgIpc) is 2.96. The molecular formula is C26H35N3. The molecule has 3 rings (SSSR count). The van der Waals surface area contributed by atoms with Gasteiger partial charge in [-0.15, -0.1) is 0 Å². The van der Waals surface area contributed by atoms with E-state index in [0.29, 0.717) is 6.54 Å². The highest BCUT2D eigenvalue weighted by molar-refractivity contribution is 5.81. The third kappa shape index (κ3) is 4.67. The van der Waals surface area contributed by atoms with Gasteiger partial charge in [-0.05, 0) is 60.9 Å². The van der Waals surface area contributed by atoms with Crippen molar-refractivity contribution < 1.29 is 0 Å². The van der Waals surface area contributed by atoms with Gasteiger partial charge in [-0.1, -0.05) is 98.1 Å². The quantitative estimate of drug-likeness (QED) is 0.160. The van der Waals surface area contributed by atoms with Gasteiger partial charge in [0.05, 0.1) is 0 Å². The maximum Gasteiger partial charge on any atom is 0.0257 e. The minimum atomic E-state index is 0.155. The number of rotatable bonds is 11. The number of nitrogens with zero attached hydrogens (tertiary/aromatic N) is 3. The van der Waals surface area contributed by atoms with Crippen LogP contribution in [0.1, 0.15) is 87.0 Å². The van der Waals surface area contributed by atoms with Gasteiger partial charge in [-0.2, -0.15) is 0 Å². The van der Waals surface area contributed by atoms with E-state index in [-0.39, 0.29) is 5.41 Å². The Labute approximate surface area is 176 Å². The Balaban J connectivity index is 1.90. The van der Waals surface area contributed by atoms with Crippen LogP contribution in [-0.4, -0.2) is 6.54 Å². The maximum absolute atomic E-state index is 8.44. The first-order valence-electron chi connectivity index (χ1n) is 11.4. The lowest BCUT2D eigenvalue weighted by Gasteiger charge is -2.33. The summed E-state index contributed by atoms with van der Waals surface area (Å²) in [6.07, 6.45) is 10.9. The van der Waals surface area contributed by atoms with Crippen molar-refractivity contribution in [1.82, 2.24) is 0 Å². The Morgan fingerprint density at radius 1 is 0.793 bits per heavy atom. The molecule has 0 saturated carbocycles. The van der Waals surface area contributed by atoms with E-state index in [0.717, 1.165) is 12.8 Å². The van der Waals surface area contributed by atoms with Crippen LogP contribution in [0.25, 0.3) is 21.6 Å². The van der Waals surface area contributed by atoms with E-state index < -0.39 is 0 Å². The van der Waals surface area contributed by atoms with Crippen molar-refractivity contribution in [2.75, 3.05) is 6.54 Å². The molecule has 0 spiro atoms. The van der Waals surface area contributed by atoms with Crippen molar-refractivity contribution in [3.63, 3.8) is 0 Å². The summed E-state index contributed by atoms with van der Waals surface area (Å²) >= 11 is 0. The van der Waals surface area contributed by atoms with Crippen LogP contribution in [0.4, 0.5) is 0 Å². The Morgan fingerprint density at radius 3 is 1.90 bits per heavy atom. The molecule has 0 unspecified atom stereocenters. The molecule has 0 amide bonds. The third-order valence-electron chi connectivity index (χ3n) is 6.55. The molecule has 0 bridgehead atoms. The zero-order chi connectivity index (χ0) is 20.7. The van der Waals surface area contributed by atoms with Crippen molar-refractivity contribution in [2.24, 2.45) is 5.11 Å². The van der Waals surface area contributed by atoms with Crippen LogP contribution in [0.15, 0.2) is 41.5 Å². The van der Waals surface area contributed by atoms with Gasteiger partial charge in [-0.3, -0.25) is 0 Å². The fourth-order valence-electron chi connectivity index (χ4n) is 5.07. The van der Waals surface area contributed by atoms with Crippen LogP contribution in [0.2, 0.25) is 0 Å². The number of hydrogen-bond acceptors (Lipinski definition) is 1. The molecule has 0 radical (unpaired) electrons. The smallest absolute Gasteiger partial charge is 0.0257 e. The van der Waals surface area contributed by atoms with E-state index in [1.807, 2.05) is 0 Å². The monoisotopic (exact) mass is 389 g/mol.